The van der Waals surface area contributed by atoms with Crippen LogP contribution in [0, 0.1) is 0 Å². The van der Waals surface area contributed by atoms with Crippen LogP contribution in [-0.2, 0) is 13.2 Å². The number of aliphatic hydroxyl groups excluding tert-OH is 1. The minimum atomic E-state index is -0.0471. The van der Waals surface area contributed by atoms with Gasteiger partial charge >= 0.3 is 0 Å². The third kappa shape index (κ3) is 2.97. The van der Waals surface area contributed by atoms with Crippen LogP contribution < -0.4 is 4.90 Å². The number of hydrogen-bond acceptors (Lipinski definition) is 4. The average molecular weight is 264 g/mol. The Labute approximate surface area is 111 Å². The Kier molecular flexibility index (Phi) is 4.12. The minimum absolute atomic E-state index is 0.0471. The van der Waals surface area contributed by atoms with E-state index in [0.717, 1.165) is 10.6 Å². The number of hydrogen-bond donors (Lipinski definition) is 1. The Morgan fingerprint density at radius 3 is 2.50 bits per heavy atom. The number of halogens is 1. The van der Waals surface area contributed by atoms with Crippen molar-refractivity contribution < 1.29 is 5.11 Å². The largest absolute Gasteiger partial charge is 0.392 e. The molecule has 4 nitrogen and oxygen atoms in total. The van der Waals surface area contributed by atoms with Gasteiger partial charge < -0.3 is 10.0 Å². The lowest BCUT2D eigenvalue weighted by atomic mass is 10.2. The standard InChI is InChI=1S/C13H14ClN3O/c1-17(8-11-4-2-3-5-12(11)14)13-15-6-10(9-18)7-16-13/h2-7,18H,8-9H2,1H3. The van der Waals surface area contributed by atoms with E-state index in [0.29, 0.717) is 18.1 Å². The van der Waals surface area contributed by atoms with Crippen LogP contribution in [0.4, 0.5) is 5.95 Å². The molecule has 0 fully saturated rings. The van der Waals surface area contributed by atoms with Gasteiger partial charge in [-0.1, -0.05) is 29.8 Å². The van der Waals surface area contributed by atoms with Crippen LogP contribution >= 0.6 is 11.6 Å². The molecule has 18 heavy (non-hydrogen) atoms. The van der Waals surface area contributed by atoms with E-state index in [1.54, 1.807) is 12.4 Å². The summed E-state index contributed by atoms with van der Waals surface area (Å²) in [5.74, 6) is 0.604. The van der Waals surface area contributed by atoms with Gasteiger partial charge in [-0.3, -0.25) is 0 Å². The number of anilines is 1. The lowest BCUT2D eigenvalue weighted by molar-refractivity contribution is 0.281. The molecule has 94 valence electrons. The third-order valence-corrected chi connectivity index (χ3v) is 2.95. The van der Waals surface area contributed by atoms with E-state index in [1.165, 1.54) is 0 Å². The van der Waals surface area contributed by atoms with Crippen molar-refractivity contribution in [2.24, 2.45) is 0 Å². The molecule has 0 bridgehead atoms. The number of rotatable bonds is 4. The maximum Gasteiger partial charge on any atom is 0.225 e. The van der Waals surface area contributed by atoms with Crippen molar-refractivity contribution in [3.63, 3.8) is 0 Å². The van der Waals surface area contributed by atoms with Gasteiger partial charge in [0.05, 0.1) is 6.61 Å². The van der Waals surface area contributed by atoms with Crippen molar-refractivity contribution in [3.05, 3.63) is 52.8 Å². The predicted octanol–water partition coefficient (Wildman–Crippen LogP) is 2.26. The van der Waals surface area contributed by atoms with Crippen molar-refractivity contribution in [3.8, 4) is 0 Å². The zero-order chi connectivity index (χ0) is 13.0. The van der Waals surface area contributed by atoms with Gasteiger partial charge in [0, 0.05) is 36.6 Å². The molecule has 5 heteroatoms. The van der Waals surface area contributed by atoms with Gasteiger partial charge in [-0.2, -0.15) is 0 Å². The molecule has 0 radical (unpaired) electrons. The van der Waals surface area contributed by atoms with Gasteiger partial charge in [0.2, 0.25) is 5.95 Å². The Bertz CT molecular complexity index is 516. The summed E-state index contributed by atoms with van der Waals surface area (Å²) in [7, 11) is 1.90. The Morgan fingerprint density at radius 2 is 1.89 bits per heavy atom. The molecule has 0 amide bonds. The molecule has 2 aromatic rings. The summed E-state index contributed by atoms with van der Waals surface area (Å²) in [6.07, 6.45) is 3.23. The molecular weight excluding hydrogens is 250 g/mol. The first-order chi connectivity index (χ1) is 8.70. The summed E-state index contributed by atoms with van der Waals surface area (Å²) in [6, 6.07) is 7.69. The minimum Gasteiger partial charge on any atom is -0.392 e. The zero-order valence-electron chi connectivity index (χ0n) is 10.0. The summed E-state index contributed by atoms with van der Waals surface area (Å²) >= 11 is 6.10. The van der Waals surface area contributed by atoms with E-state index in [4.69, 9.17) is 16.7 Å². The second-order valence-electron chi connectivity index (χ2n) is 4.00. The molecule has 0 unspecified atom stereocenters. The van der Waals surface area contributed by atoms with Gasteiger partial charge in [0.1, 0.15) is 0 Å². The predicted molar refractivity (Wildman–Crippen MR) is 71.5 cm³/mol. The number of nitrogens with zero attached hydrogens (tertiary/aromatic N) is 3. The van der Waals surface area contributed by atoms with Crippen LogP contribution in [-0.4, -0.2) is 22.1 Å². The number of aromatic nitrogens is 2. The highest BCUT2D eigenvalue weighted by Gasteiger charge is 2.07. The zero-order valence-corrected chi connectivity index (χ0v) is 10.8. The smallest absolute Gasteiger partial charge is 0.225 e. The van der Waals surface area contributed by atoms with Gasteiger partial charge in [-0.05, 0) is 11.6 Å². The van der Waals surface area contributed by atoms with Crippen molar-refractivity contribution >= 4 is 17.5 Å². The first kappa shape index (κ1) is 12.8. The van der Waals surface area contributed by atoms with Crippen LogP contribution in [0.15, 0.2) is 36.7 Å². The molecule has 2 rings (SSSR count). The molecule has 0 aliphatic carbocycles. The highest BCUT2D eigenvalue weighted by molar-refractivity contribution is 6.31. The lowest BCUT2D eigenvalue weighted by Gasteiger charge is -2.17. The summed E-state index contributed by atoms with van der Waals surface area (Å²) in [6.45, 7) is 0.590. The van der Waals surface area contributed by atoms with E-state index < -0.39 is 0 Å². The molecule has 0 aliphatic rings. The van der Waals surface area contributed by atoms with Gasteiger partial charge in [-0.15, -0.1) is 0 Å². The van der Waals surface area contributed by atoms with E-state index in [1.807, 2.05) is 36.2 Å². The van der Waals surface area contributed by atoms with Crippen LogP contribution in [0.1, 0.15) is 11.1 Å². The van der Waals surface area contributed by atoms with Crippen molar-refractivity contribution in [1.29, 1.82) is 0 Å². The second-order valence-corrected chi connectivity index (χ2v) is 4.40. The van der Waals surface area contributed by atoms with E-state index in [2.05, 4.69) is 9.97 Å². The molecule has 0 aliphatic heterocycles. The molecule has 1 heterocycles. The van der Waals surface area contributed by atoms with Crippen molar-refractivity contribution in [2.45, 2.75) is 13.2 Å². The topological polar surface area (TPSA) is 49.2 Å². The fourth-order valence-electron chi connectivity index (χ4n) is 1.58. The monoisotopic (exact) mass is 263 g/mol. The molecule has 0 saturated carbocycles. The maximum absolute atomic E-state index is 8.93. The van der Waals surface area contributed by atoms with Gasteiger partial charge in [0.25, 0.3) is 0 Å². The first-order valence-corrected chi connectivity index (χ1v) is 5.95. The third-order valence-electron chi connectivity index (χ3n) is 2.58. The van der Waals surface area contributed by atoms with Gasteiger partial charge in [0.15, 0.2) is 0 Å². The highest BCUT2D eigenvalue weighted by atomic mass is 35.5. The molecule has 1 aromatic carbocycles. The summed E-state index contributed by atoms with van der Waals surface area (Å²) in [5.41, 5.74) is 1.72. The molecular formula is C13H14ClN3O. The van der Waals surface area contributed by atoms with Crippen LogP contribution in [0.5, 0.6) is 0 Å². The normalized spacial score (nSPS) is 10.4. The second kappa shape index (κ2) is 5.80. The summed E-state index contributed by atoms with van der Waals surface area (Å²) in [5, 5.41) is 9.66. The Hall–Kier alpha value is -1.65. The Balaban J connectivity index is 2.11. The van der Waals surface area contributed by atoms with Crippen LogP contribution in [0.3, 0.4) is 0 Å². The fourth-order valence-corrected chi connectivity index (χ4v) is 1.78. The first-order valence-electron chi connectivity index (χ1n) is 5.57. The van der Waals surface area contributed by atoms with E-state index in [9.17, 15) is 0 Å². The molecule has 0 atom stereocenters. The lowest BCUT2D eigenvalue weighted by Crippen LogP contribution is -2.19. The maximum atomic E-state index is 8.93. The molecule has 1 N–H and O–H groups in total. The number of aliphatic hydroxyl groups is 1. The molecule has 0 spiro atoms. The van der Waals surface area contributed by atoms with Crippen molar-refractivity contribution in [1.82, 2.24) is 9.97 Å². The SMILES string of the molecule is CN(Cc1ccccc1Cl)c1ncc(CO)cn1. The average Bonchev–Trinajstić information content (AvgIpc) is 2.41. The van der Waals surface area contributed by atoms with Crippen LogP contribution in [0.2, 0.25) is 5.02 Å². The molecule has 0 saturated heterocycles. The Morgan fingerprint density at radius 1 is 1.22 bits per heavy atom. The van der Waals surface area contributed by atoms with Crippen molar-refractivity contribution in [2.75, 3.05) is 11.9 Å². The number of benzene rings is 1. The highest BCUT2D eigenvalue weighted by Crippen LogP contribution is 2.18. The molecule has 1 aromatic heterocycles. The summed E-state index contributed by atoms with van der Waals surface area (Å²) in [4.78, 5) is 10.3. The van der Waals surface area contributed by atoms with Crippen LogP contribution in [0.25, 0.3) is 0 Å². The fraction of sp³-hybridized carbons (Fsp3) is 0.231. The van der Waals surface area contributed by atoms with E-state index in [-0.39, 0.29) is 6.61 Å². The van der Waals surface area contributed by atoms with E-state index >= 15 is 0 Å². The quantitative estimate of drug-likeness (QED) is 0.919. The van der Waals surface area contributed by atoms with Gasteiger partial charge in [-0.25, -0.2) is 9.97 Å². The summed E-state index contributed by atoms with van der Waals surface area (Å²) < 4.78 is 0.